The minimum Gasteiger partial charge on any atom is -0.297 e. The van der Waals surface area contributed by atoms with Crippen LogP contribution in [0.4, 0.5) is 0 Å². The smallest absolute Gasteiger partial charge is 0.0234 e. The lowest BCUT2D eigenvalue weighted by Crippen LogP contribution is -2.45. The van der Waals surface area contributed by atoms with Crippen LogP contribution in [0.25, 0.3) is 6.08 Å². The van der Waals surface area contributed by atoms with Crippen molar-refractivity contribution in [2.75, 3.05) is 32.7 Å². The van der Waals surface area contributed by atoms with E-state index in [1.54, 1.807) is 0 Å². The molecule has 1 heterocycles. The summed E-state index contributed by atoms with van der Waals surface area (Å²) in [6, 6.07) is 19.7. The quantitative estimate of drug-likeness (QED) is 0.759. The second-order valence-electron chi connectivity index (χ2n) is 7.29. The normalized spacial score (nSPS) is 16.8. The third-order valence-corrected chi connectivity index (χ3v) is 4.99. The highest BCUT2D eigenvalue weighted by Gasteiger charge is 2.15. The molecular formula is C23H30N2. The number of rotatable bonds is 6. The zero-order valence-electron chi connectivity index (χ0n) is 15.6. The number of benzene rings is 2. The first-order valence-corrected chi connectivity index (χ1v) is 9.46. The van der Waals surface area contributed by atoms with E-state index in [-0.39, 0.29) is 0 Å². The average molecular weight is 335 g/mol. The summed E-state index contributed by atoms with van der Waals surface area (Å²) >= 11 is 0. The van der Waals surface area contributed by atoms with E-state index in [4.69, 9.17) is 0 Å². The summed E-state index contributed by atoms with van der Waals surface area (Å²) in [4.78, 5) is 5.11. The van der Waals surface area contributed by atoms with Gasteiger partial charge in [0.1, 0.15) is 0 Å². The van der Waals surface area contributed by atoms with Crippen LogP contribution in [0.2, 0.25) is 0 Å². The van der Waals surface area contributed by atoms with Crippen molar-refractivity contribution >= 4 is 6.08 Å². The second kappa shape index (κ2) is 8.98. The molecule has 1 aliphatic rings. The summed E-state index contributed by atoms with van der Waals surface area (Å²) in [7, 11) is 0. The van der Waals surface area contributed by atoms with Gasteiger partial charge in [0, 0.05) is 39.3 Å². The SMILES string of the molecule is CC(C)c1ccc(CN2CCN(C/C=C/c3ccccc3)CC2)cc1. The molecule has 0 bridgehead atoms. The molecule has 0 spiro atoms. The monoisotopic (exact) mass is 334 g/mol. The van der Waals surface area contributed by atoms with Crippen LogP contribution >= 0.6 is 0 Å². The van der Waals surface area contributed by atoms with Crippen LogP contribution < -0.4 is 0 Å². The number of nitrogens with zero attached hydrogens (tertiary/aromatic N) is 2. The Kier molecular flexibility index (Phi) is 6.43. The lowest BCUT2D eigenvalue weighted by Gasteiger charge is -2.34. The summed E-state index contributed by atoms with van der Waals surface area (Å²) in [5, 5.41) is 0. The Hall–Kier alpha value is -1.90. The first kappa shape index (κ1) is 17.9. The zero-order chi connectivity index (χ0) is 17.5. The Morgan fingerprint density at radius 1 is 0.840 bits per heavy atom. The Balaban J connectivity index is 1.42. The van der Waals surface area contributed by atoms with Gasteiger partial charge in [0.25, 0.3) is 0 Å². The van der Waals surface area contributed by atoms with Crippen molar-refractivity contribution in [1.82, 2.24) is 9.80 Å². The lowest BCUT2D eigenvalue weighted by atomic mass is 10.0. The van der Waals surface area contributed by atoms with Crippen molar-refractivity contribution in [2.45, 2.75) is 26.3 Å². The van der Waals surface area contributed by atoms with Crippen molar-refractivity contribution in [2.24, 2.45) is 0 Å². The third-order valence-electron chi connectivity index (χ3n) is 4.99. The lowest BCUT2D eigenvalue weighted by molar-refractivity contribution is 0.137. The molecule has 1 aliphatic heterocycles. The van der Waals surface area contributed by atoms with Gasteiger partial charge in [0.2, 0.25) is 0 Å². The largest absolute Gasteiger partial charge is 0.297 e. The molecule has 1 saturated heterocycles. The molecule has 2 aromatic carbocycles. The van der Waals surface area contributed by atoms with E-state index in [9.17, 15) is 0 Å². The average Bonchev–Trinajstić information content (AvgIpc) is 2.64. The first-order valence-electron chi connectivity index (χ1n) is 9.46. The van der Waals surface area contributed by atoms with Gasteiger partial charge in [-0.2, -0.15) is 0 Å². The van der Waals surface area contributed by atoms with Crippen LogP contribution in [0.15, 0.2) is 60.7 Å². The molecule has 132 valence electrons. The van der Waals surface area contributed by atoms with E-state index in [0.717, 1.165) is 39.3 Å². The van der Waals surface area contributed by atoms with Crippen LogP contribution in [0, 0.1) is 0 Å². The molecule has 3 rings (SSSR count). The summed E-state index contributed by atoms with van der Waals surface area (Å²) in [5.74, 6) is 0.613. The van der Waals surface area contributed by atoms with Crippen LogP contribution in [0.5, 0.6) is 0 Å². The summed E-state index contributed by atoms with van der Waals surface area (Å²) in [5.41, 5.74) is 4.14. The second-order valence-corrected chi connectivity index (χ2v) is 7.29. The standard InChI is InChI=1S/C23H30N2/c1-20(2)23-12-10-22(11-13-23)19-25-17-15-24(16-18-25)14-6-9-21-7-4-3-5-8-21/h3-13,20H,14-19H2,1-2H3/b9-6+. The van der Waals surface area contributed by atoms with Crippen LogP contribution in [-0.4, -0.2) is 42.5 Å². The van der Waals surface area contributed by atoms with Gasteiger partial charge in [-0.3, -0.25) is 9.80 Å². The fourth-order valence-corrected chi connectivity index (χ4v) is 3.30. The number of piperazine rings is 1. The molecule has 0 aromatic heterocycles. The van der Waals surface area contributed by atoms with E-state index in [1.165, 1.54) is 16.7 Å². The molecule has 0 N–H and O–H groups in total. The summed E-state index contributed by atoms with van der Waals surface area (Å²) in [6.07, 6.45) is 4.51. The molecule has 0 unspecified atom stereocenters. The third kappa shape index (κ3) is 5.55. The van der Waals surface area contributed by atoms with Gasteiger partial charge >= 0.3 is 0 Å². The van der Waals surface area contributed by atoms with Gasteiger partial charge in [-0.15, -0.1) is 0 Å². The summed E-state index contributed by atoms with van der Waals surface area (Å²) < 4.78 is 0. The molecule has 0 radical (unpaired) electrons. The maximum Gasteiger partial charge on any atom is 0.0234 e. The first-order chi connectivity index (χ1) is 12.2. The van der Waals surface area contributed by atoms with E-state index >= 15 is 0 Å². The van der Waals surface area contributed by atoms with Crippen molar-refractivity contribution in [1.29, 1.82) is 0 Å². The van der Waals surface area contributed by atoms with Crippen LogP contribution in [0.3, 0.4) is 0 Å². The van der Waals surface area contributed by atoms with E-state index in [0.29, 0.717) is 5.92 Å². The predicted octanol–water partition coefficient (Wildman–Crippen LogP) is 4.64. The minimum atomic E-state index is 0.613. The highest BCUT2D eigenvalue weighted by Crippen LogP contribution is 2.16. The van der Waals surface area contributed by atoms with Crippen molar-refractivity contribution in [3.8, 4) is 0 Å². The van der Waals surface area contributed by atoms with Crippen molar-refractivity contribution in [3.63, 3.8) is 0 Å². The fourth-order valence-electron chi connectivity index (χ4n) is 3.30. The molecule has 2 nitrogen and oxygen atoms in total. The molecule has 0 aliphatic carbocycles. The molecule has 1 fully saturated rings. The Morgan fingerprint density at radius 3 is 2.12 bits per heavy atom. The molecule has 25 heavy (non-hydrogen) atoms. The Bertz CT molecular complexity index is 650. The van der Waals surface area contributed by atoms with E-state index < -0.39 is 0 Å². The van der Waals surface area contributed by atoms with Gasteiger partial charge in [-0.1, -0.05) is 80.6 Å². The van der Waals surface area contributed by atoms with Crippen molar-refractivity contribution in [3.05, 3.63) is 77.4 Å². The predicted molar refractivity (Wildman–Crippen MR) is 108 cm³/mol. The summed E-state index contributed by atoms with van der Waals surface area (Å²) in [6.45, 7) is 11.3. The topological polar surface area (TPSA) is 6.48 Å². The van der Waals surface area contributed by atoms with Crippen LogP contribution in [-0.2, 0) is 6.54 Å². The molecule has 0 atom stereocenters. The highest BCUT2D eigenvalue weighted by atomic mass is 15.3. The number of hydrogen-bond acceptors (Lipinski definition) is 2. The van der Waals surface area contributed by atoms with E-state index in [1.807, 2.05) is 0 Å². The number of hydrogen-bond donors (Lipinski definition) is 0. The Labute approximate surface area is 152 Å². The van der Waals surface area contributed by atoms with Gasteiger partial charge in [-0.25, -0.2) is 0 Å². The van der Waals surface area contributed by atoms with Crippen LogP contribution in [0.1, 0.15) is 36.5 Å². The Morgan fingerprint density at radius 2 is 1.48 bits per heavy atom. The van der Waals surface area contributed by atoms with Gasteiger partial charge in [-0.05, 0) is 22.6 Å². The molecule has 0 saturated carbocycles. The zero-order valence-corrected chi connectivity index (χ0v) is 15.6. The molecule has 0 amide bonds. The molecule has 2 aromatic rings. The molecular weight excluding hydrogens is 304 g/mol. The minimum absolute atomic E-state index is 0.613. The van der Waals surface area contributed by atoms with Gasteiger partial charge < -0.3 is 0 Å². The molecule has 2 heteroatoms. The highest BCUT2D eigenvalue weighted by molar-refractivity contribution is 5.48. The van der Waals surface area contributed by atoms with Gasteiger partial charge in [0.15, 0.2) is 0 Å². The fraction of sp³-hybridized carbons (Fsp3) is 0.391. The maximum absolute atomic E-state index is 2.57. The van der Waals surface area contributed by atoms with E-state index in [2.05, 4.69) is 90.4 Å². The van der Waals surface area contributed by atoms with Gasteiger partial charge in [0.05, 0.1) is 0 Å². The maximum atomic E-state index is 2.57. The van der Waals surface area contributed by atoms with Crippen molar-refractivity contribution < 1.29 is 0 Å².